The Kier molecular flexibility index (Phi) is 3.70. The summed E-state index contributed by atoms with van der Waals surface area (Å²) >= 11 is 0. The molecule has 1 heterocycles. The van der Waals surface area contributed by atoms with Crippen molar-refractivity contribution in [3.63, 3.8) is 0 Å². The van der Waals surface area contributed by atoms with E-state index in [1.54, 1.807) is 6.20 Å². The zero-order chi connectivity index (χ0) is 13.9. The lowest BCUT2D eigenvalue weighted by molar-refractivity contribution is 0.460. The summed E-state index contributed by atoms with van der Waals surface area (Å²) in [6.07, 6.45) is 6.65. The van der Waals surface area contributed by atoms with E-state index in [9.17, 15) is 0 Å². The zero-order valence-corrected chi connectivity index (χ0v) is 11.8. The number of rotatable bonds is 3. The number of nitrogens with two attached hydrogens (primary N) is 1. The lowest BCUT2D eigenvalue weighted by Gasteiger charge is -2.16. The van der Waals surface area contributed by atoms with Crippen molar-refractivity contribution in [1.29, 1.82) is 0 Å². The van der Waals surface area contributed by atoms with Crippen molar-refractivity contribution in [2.45, 2.75) is 38.6 Å². The van der Waals surface area contributed by atoms with Gasteiger partial charge in [-0.2, -0.15) is 0 Å². The molecule has 0 aliphatic heterocycles. The van der Waals surface area contributed by atoms with Gasteiger partial charge in [-0.1, -0.05) is 6.07 Å². The summed E-state index contributed by atoms with van der Waals surface area (Å²) in [7, 11) is 0. The SMILES string of the molecule is CC(N)c1ccnc(Oc2ccc3c(c2)CCCC3)c1. The predicted octanol–water partition coefficient (Wildman–Crippen LogP) is 3.77. The number of ether oxygens (including phenoxy) is 1. The molecule has 2 N–H and O–H groups in total. The second-order valence-electron chi connectivity index (χ2n) is 5.46. The topological polar surface area (TPSA) is 48.1 Å². The Morgan fingerprint density at radius 1 is 1.10 bits per heavy atom. The van der Waals surface area contributed by atoms with Gasteiger partial charge in [-0.15, -0.1) is 0 Å². The van der Waals surface area contributed by atoms with Crippen LogP contribution in [0.25, 0.3) is 0 Å². The van der Waals surface area contributed by atoms with Crippen LogP contribution in [-0.2, 0) is 12.8 Å². The number of aryl methyl sites for hydroxylation is 2. The van der Waals surface area contributed by atoms with E-state index < -0.39 is 0 Å². The number of fused-ring (bicyclic) bond motifs is 1. The molecule has 20 heavy (non-hydrogen) atoms. The van der Waals surface area contributed by atoms with Crippen molar-refractivity contribution < 1.29 is 4.74 Å². The first-order chi connectivity index (χ1) is 9.72. The molecule has 0 spiro atoms. The quantitative estimate of drug-likeness (QED) is 0.921. The smallest absolute Gasteiger partial charge is 0.219 e. The molecule has 3 rings (SSSR count). The van der Waals surface area contributed by atoms with Gasteiger partial charge in [0.25, 0.3) is 0 Å². The Morgan fingerprint density at radius 2 is 1.90 bits per heavy atom. The zero-order valence-electron chi connectivity index (χ0n) is 11.8. The molecule has 0 amide bonds. The van der Waals surface area contributed by atoms with Crippen LogP contribution in [0.2, 0.25) is 0 Å². The minimum Gasteiger partial charge on any atom is -0.439 e. The molecular formula is C17H20N2O. The molecule has 3 heteroatoms. The summed E-state index contributed by atoms with van der Waals surface area (Å²) in [6.45, 7) is 1.96. The summed E-state index contributed by atoms with van der Waals surface area (Å²) in [6, 6.07) is 10.2. The maximum Gasteiger partial charge on any atom is 0.219 e. The average molecular weight is 268 g/mol. The van der Waals surface area contributed by atoms with E-state index in [1.807, 2.05) is 25.1 Å². The van der Waals surface area contributed by atoms with E-state index in [4.69, 9.17) is 10.5 Å². The van der Waals surface area contributed by atoms with E-state index in [0.717, 1.165) is 17.7 Å². The molecule has 3 nitrogen and oxygen atoms in total. The van der Waals surface area contributed by atoms with Crippen molar-refractivity contribution in [2.75, 3.05) is 0 Å². The van der Waals surface area contributed by atoms with E-state index in [0.29, 0.717) is 5.88 Å². The van der Waals surface area contributed by atoms with Crippen LogP contribution < -0.4 is 10.5 Å². The first-order valence-electron chi connectivity index (χ1n) is 7.23. The highest BCUT2D eigenvalue weighted by Gasteiger charge is 2.11. The monoisotopic (exact) mass is 268 g/mol. The van der Waals surface area contributed by atoms with Crippen molar-refractivity contribution in [3.05, 3.63) is 53.2 Å². The molecule has 1 unspecified atom stereocenters. The second kappa shape index (κ2) is 5.63. The summed E-state index contributed by atoms with van der Waals surface area (Å²) in [5.74, 6) is 1.47. The summed E-state index contributed by atoms with van der Waals surface area (Å²) in [5.41, 5.74) is 9.79. The number of hydrogen-bond acceptors (Lipinski definition) is 3. The van der Waals surface area contributed by atoms with Crippen LogP contribution in [-0.4, -0.2) is 4.98 Å². The van der Waals surface area contributed by atoms with E-state index in [1.165, 1.54) is 30.4 Å². The van der Waals surface area contributed by atoms with Gasteiger partial charge in [0.15, 0.2) is 0 Å². The standard InChI is InChI=1S/C17H20N2O/c1-12(18)14-8-9-19-17(11-14)20-16-7-6-13-4-2-3-5-15(13)10-16/h6-12H,2-5,18H2,1H3. The van der Waals surface area contributed by atoms with Crippen LogP contribution in [0.15, 0.2) is 36.5 Å². The van der Waals surface area contributed by atoms with Gasteiger partial charge >= 0.3 is 0 Å². The van der Waals surface area contributed by atoms with Gasteiger partial charge in [-0.25, -0.2) is 4.98 Å². The maximum atomic E-state index is 5.88. The van der Waals surface area contributed by atoms with Crippen LogP contribution in [0.4, 0.5) is 0 Å². The van der Waals surface area contributed by atoms with Crippen LogP contribution in [0.5, 0.6) is 11.6 Å². The maximum absolute atomic E-state index is 5.88. The van der Waals surface area contributed by atoms with Gasteiger partial charge in [0.2, 0.25) is 5.88 Å². The Bertz CT molecular complexity index is 608. The molecule has 104 valence electrons. The fourth-order valence-electron chi connectivity index (χ4n) is 2.66. The summed E-state index contributed by atoms with van der Waals surface area (Å²) in [5, 5.41) is 0. The van der Waals surface area contributed by atoms with Crippen LogP contribution in [0.1, 0.15) is 42.5 Å². The molecule has 2 aromatic rings. The van der Waals surface area contributed by atoms with Gasteiger partial charge in [0.1, 0.15) is 5.75 Å². The Morgan fingerprint density at radius 3 is 2.70 bits per heavy atom. The average Bonchev–Trinajstić information content (AvgIpc) is 2.47. The number of nitrogens with zero attached hydrogens (tertiary/aromatic N) is 1. The molecule has 0 fully saturated rings. The molecule has 0 saturated carbocycles. The molecule has 1 aromatic heterocycles. The third-order valence-corrected chi connectivity index (χ3v) is 3.83. The minimum atomic E-state index is -0.0103. The highest BCUT2D eigenvalue weighted by molar-refractivity contribution is 5.39. The van der Waals surface area contributed by atoms with Crippen LogP contribution in [0.3, 0.4) is 0 Å². The third-order valence-electron chi connectivity index (χ3n) is 3.83. The lowest BCUT2D eigenvalue weighted by atomic mass is 9.92. The fourth-order valence-corrected chi connectivity index (χ4v) is 2.66. The molecule has 0 saturated heterocycles. The van der Waals surface area contributed by atoms with Crippen molar-refractivity contribution in [2.24, 2.45) is 5.73 Å². The summed E-state index contributed by atoms with van der Waals surface area (Å²) in [4.78, 5) is 4.25. The Balaban J connectivity index is 1.82. The van der Waals surface area contributed by atoms with Crippen molar-refractivity contribution >= 4 is 0 Å². The molecule has 0 radical (unpaired) electrons. The third kappa shape index (κ3) is 2.83. The molecular weight excluding hydrogens is 248 g/mol. The fraction of sp³-hybridized carbons (Fsp3) is 0.353. The van der Waals surface area contributed by atoms with E-state index in [2.05, 4.69) is 17.1 Å². The van der Waals surface area contributed by atoms with Gasteiger partial charge in [-0.05, 0) is 67.5 Å². The van der Waals surface area contributed by atoms with Gasteiger partial charge in [0, 0.05) is 18.3 Å². The first-order valence-corrected chi connectivity index (χ1v) is 7.23. The van der Waals surface area contributed by atoms with E-state index >= 15 is 0 Å². The van der Waals surface area contributed by atoms with Gasteiger partial charge in [0.05, 0.1) is 0 Å². The second-order valence-corrected chi connectivity index (χ2v) is 5.46. The highest BCUT2D eigenvalue weighted by Crippen LogP contribution is 2.28. The Hall–Kier alpha value is -1.87. The minimum absolute atomic E-state index is 0.0103. The van der Waals surface area contributed by atoms with Gasteiger partial charge in [-0.3, -0.25) is 0 Å². The first kappa shape index (κ1) is 13.1. The number of benzene rings is 1. The Labute approximate surface area is 119 Å². The van der Waals surface area contributed by atoms with Crippen molar-refractivity contribution in [1.82, 2.24) is 4.98 Å². The van der Waals surface area contributed by atoms with Crippen molar-refractivity contribution in [3.8, 4) is 11.6 Å². The molecule has 1 aromatic carbocycles. The lowest BCUT2D eigenvalue weighted by Crippen LogP contribution is -2.05. The van der Waals surface area contributed by atoms with Gasteiger partial charge < -0.3 is 10.5 Å². The molecule has 0 bridgehead atoms. The van der Waals surface area contributed by atoms with Crippen LogP contribution >= 0.6 is 0 Å². The largest absolute Gasteiger partial charge is 0.439 e. The number of hydrogen-bond donors (Lipinski definition) is 1. The molecule has 1 aliphatic rings. The van der Waals surface area contributed by atoms with E-state index in [-0.39, 0.29) is 6.04 Å². The number of pyridine rings is 1. The summed E-state index contributed by atoms with van der Waals surface area (Å²) < 4.78 is 5.87. The molecule has 1 aliphatic carbocycles. The molecule has 1 atom stereocenters. The predicted molar refractivity (Wildman–Crippen MR) is 80.0 cm³/mol. The van der Waals surface area contributed by atoms with Crippen LogP contribution in [0, 0.1) is 0 Å². The normalized spacial score (nSPS) is 15.5. The number of aromatic nitrogens is 1. The highest BCUT2D eigenvalue weighted by atomic mass is 16.5.